The van der Waals surface area contributed by atoms with Gasteiger partial charge in [0.1, 0.15) is 0 Å². The van der Waals surface area contributed by atoms with Crippen molar-refractivity contribution < 1.29 is 0 Å². The molecule has 0 radical (unpaired) electrons. The molecule has 2 N–H and O–H groups in total. The summed E-state index contributed by atoms with van der Waals surface area (Å²) >= 11 is 1.85. The van der Waals surface area contributed by atoms with Crippen LogP contribution in [0.3, 0.4) is 0 Å². The van der Waals surface area contributed by atoms with Crippen LogP contribution in [0, 0.1) is 0 Å². The Bertz CT molecular complexity index is 350. The molecule has 1 aromatic heterocycles. The summed E-state index contributed by atoms with van der Waals surface area (Å²) in [5.41, 5.74) is 5.69. The third kappa shape index (κ3) is 3.06. The van der Waals surface area contributed by atoms with E-state index in [0.717, 1.165) is 6.42 Å². The number of nitrogens with two attached hydrogens (primary N) is 1. The molecule has 1 saturated heterocycles. The Morgan fingerprint density at radius 1 is 1.65 bits per heavy atom. The molecular formula is C13H23N3S. The molecule has 0 aliphatic carbocycles. The van der Waals surface area contributed by atoms with E-state index in [4.69, 9.17) is 5.73 Å². The molecule has 0 aromatic carbocycles. The molecule has 2 atom stereocenters. The average molecular weight is 253 g/mol. The van der Waals surface area contributed by atoms with E-state index in [1.807, 2.05) is 17.5 Å². The van der Waals surface area contributed by atoms with E-state index in [-0.39, 0.29) is 0 Å². The van der Waals surface area contributed by atoms with Gasteiger partial charge in [-0.1, -0.05) is 13.8 Å². The monoisotopic (exact) mass is 253 g/mol. The SMILES string of the molecule is CCN1CCCC1Cc1ncc(C(C)CN)s1. The van der Waals surface area contributed by atoms with Gasteiger partial charge in [0, 0.05) is 29.5 Å². The van der Waals surface area contributed by atoms with Crippen molar-refractivity contribution in [2.45, 2.75) is 45.1 Å². The number of rotatable bonds is 5. The van der Waals surface area contributed by atoms with Crippen LogP contribution >= 0.6 is 11.3 Å². The van der Waals surface area contributed by atoms with Crippen LogP contribution in [0.25, 0.3) is 0 Å². The average Bonchev–Trinajstić information content (AvgIpc) is 2.97. The Morgan fingerprint density at radius 3 is 3.18 bits per heavy atom. The fourth-order valence-corrected chi connectivity index (χ4v) is 3.56. The molecule has 1 aromatic rings. The summed E-state index contributed by atoms with van der Waals surface area (Å²) in [6.45, 7) is 7.57. The van der Waals surface area contributed by atoms with Gasteiger partial charge in [0.15, 0.2) is 0 Å². The van der Waals surface area contributed by atoms with Crippen LogP contribution in [-0.2, 0) is 6.42 Å². The van der Waals surface area contributed by atoms with Gasteiger partial charge in [0.2, 0.25) is 0 Å². The lowest BCUT2D eigenvalue weighted by molar-refractivity contribution is 0.266. The molecule has 2 rings (SSSR count). The second-order valence-electron chi connectivity index (χ2n) is 4.92. The lowest BCUT2D eigenvalue weighted by Crippen LogP contribution is -2.30. The summed E-state index contributed by atoms with van der Waals surface area (Å²) in [5, 5.41) is 1.28. The Balaban J connectivity index is 1.96. The maximum absolute atomic E-state index is 5.69. The number of thiazole rings is 1. The van der Waals surface area contributed by atoms with E-state index < -0.39 is 0 Å². The first kappa shape index (κ1) is 13.0. The van der Waals surface area contributed by atoms with E-state index in [1.54, 1.807) is 0 Å². The van der Waals surface area contributed by atoms with Gasteiger partial charge in [-0.15, -0.1) is 11.3 Å². The Kier molecular flexibility index (Phi) is 4.54. The number of hydrogen-bond acceptors (Lipinski definition) is 4. The highest BCUT2D eigenvalue weighted by Crippen LogP contribution is 2.26. The van der Waals surface area contributed by atoms with E-state index in [1.165, 1.54) is 35.8 Å². The van der Waals surface area contributed by atoms with E-state index in [0.29, 0.717) is 18.5 Å². The van der Waals surface area contributed by atoms with Crippen LogP contribution in [0.15, 0.2) is 6.20 Å². The van der Waals surface area contributed by atoms with Gasteiger partial charge in [-0.2, -0.15) is 0 Å². The van der Waals surface area contributed by atoms with Crippen LogP contribution in [0.2, 0.25) is 0 Å². The Hall–Kier alpha value is -0.450. The van der Waals surface area contributed by atoms with Crippen molar-refractivity contribution in [3.05, 3.63) is 16.1 Å². The van der Waals surface area contributed by atoms with Crippen LogP contribution in [-0.4, -0.2) is 35.6 Å². The molecule has 1 fully saturated rings. The summed E-state index contributed by atoms with van der Waals surface area (Å²) in [5.74, 6) is 0.451. The zero-order valence-electron chi connectivity index (χ0n) is 10.9. The van der Waals surface area contributed by atoms with Gasteiger partial charge in [-0.25, -0.2) is 4.98 Å². The highest BCUT2D eigenvalue weighted by atomic mass is 32.1. The number of likely N-dealkylation sites (N-methyl/N-ethyl adjacent to an activating group) is 1. The normalized spacial score (nSPS) is 23.1. The zero-order chi connectivity index (χ0) is 12.3. The van der Waals surface area contributed by atoms with Crippen LogP contribution in [0.5, 0.6) is 0 Å². The van der Waals surface area contributed by atoms with Crippen LogP contribution in [0.4, 0.5) is 0 Å². The molecule has 2 unspecified atom stereocenters. The minimum Gasteiger partial charge on any atom is -0.330 e. The summed E-state index contributed by atoms with van der Waals surface area (Å²) in [7, 11) is 0. The number of likely N-dealkylation sites (tertiary alicyclic amines) is 1. The van der Waals surface area contributed by atoms with Crippen LogP contribution in [0.1, 0.15) is 42.5 Å². The van der Waals surface area contributed by atoms with E-state index in [2.05, 4.69) is 23.7 Å². The smallest absolute Gasteiger partial charge is 0.0943 e. The molecule has 17 heavy (non-hydrogen) atoms. The minimum atomic E-state index is 0.451. The lowest BCUT2D eigenvalue weighted by Gasteiger charge is -2.21. The molecule has 0 saturated carbocycles. The van der Waals surface area contributed by atoms with Crippen molar-refractivity contribution in [3.8, 4) is 0 Å². The number of nitrogens with zero attached hydrogens (tertiary/aromatic N) is 2. The summed E-state index contributed by atoms with van der Waals surface area (Å²) in [6, 6.07) is 0.715. The van der Waals surface area contributed by atoms with E-state index in [9.17, 15) is 0 Å². The first-order valence-corrected chi connectivity index (χ1v) is 7.45. The largest absolute Gasteiger partial charge is 0.330 e. The quantitative estimate of drug-likeness (QED) is 0.875. The molecule has 1 aliphatic heterocycles. The molecule has 4 heteroatoms. The summed E-state index contributed by atoms with van der Waals surface area (Å²) in [4.78, 5) is 8.47. The first-order chi connectivity index (χ1) is 8.24. The molecule has 0 spiro atoms. The van der Waals surface area contributed by atoms with Crippen LogP contribution < -0.4 is 5.73 Å². The predicted molar refractivity (Wildman–Crippen MR) is 73.6 cm³/mol. The molecule has 2 heterocycles. The second kappa shape index (κ2) is 5.94. The summed E-state index contributed by atoms with van der Waals surface area (Å²) in [6.07, 6.45) is 5.81. The third-order valence-electron chi connectivity index (χ3n) is 3.73. The zero-order valence-corrected chi connectivity index (χ0v) is 11.7. The highest BCUT2D eigenvalue weighted by molar-refractivity contribution is 7.11. The molecular weight excluding hydrogens is 230 g/mol. The maximum atomic E-state index is 5.69. The second-order valence-corrected chi connectivity index (χ2v) is 6.07. The van der Waals surface area contributed by atoms with Crippen molar-refractivity contribution in [1.82, 2.24) is 9.88 Å². The standard InChI is InChI=1S/C13H23N3S/c1-3-16-6-4-5-11(16)7-13-15-9-12(17-13)10(2)8-14/h9-11H,3-8,14H2,1-2H3. The van der Waals surface area contributed by atoms with Crippen molar-refractivity contribution in [2.75, 3.05) is 19.6 Å². The maximum Gasteiger partial charge on any atom is 0.0943 e. The topological polar surface area (TPSA) is 42.2 Å². The fourth-order valence-electron chi connectivity index (χ4n) is 2.51. The van der Waals surface area contributed by atoms with Gasteiger partial charge in [-0.3, -0.25) is 0 Å². The van der Waals surface area contributed by atoms with Gasteiger partial charge < -0.3 is 10.6 Å². The fraction of sp³-hybridized carbons (Fsp3) is 0.769. The molecule has 1 aliphatic rings. The third-order valence-corrected chi connectivity index (χ3v) is 4.98. The minimum absolute atomic E-state index is 0.451. The van der Waals surface area contributed by atoms with Gasteiger partial charge in [0.25, 0.3) is 0 Å². The highest BCUT2D eigenvalue weighted by Gasteiger charge is 2.24. The van der Waals surface area contributed by atoms with Crippen molar-refractivity contribution in [2.24, 2.45) is 5.73 Å². The van der Waals surface area contributed by atoms with E-state index >= 15 is 0 Å². The van der Waals surface area contributed by atoms with Crippen molar-refractivity contribution in [1.29, 1.82) is 0 Å². The number of hydrogen-bond donors (Lipinski definition) is 1. The first-order valence-electron chi connectivity index (χ1n) is 6.63. The number of aromatic nitrogens is 1. The van der Waals surface area contributed by atoms with Gasteiger partial charge in [0.05, 0.1) is 5.01 Å². The summed E-state index contributed by atoms with van der Waals surface area (Å²) < 4.78 is 0. The molecule has 0 amide bonds. The van der Waals surface area contributed by atoms with Crippen molar-refractivity contribution in [3.63, 3.8) is 0 Å². The molecule has 96 valence electrons. The predicted octanol–water partition coefficient (Wildman–Crippen LogP) is 2.23. The Morgan fingerprint density at radius 2 is 2.47 bits per heavy atom. The Labute approximate surface area is 108 Å². The lowest BCUT2D eigenvalue weighted by atomic mass is 10.1. The molecule has 3 nitrogen and oxygen atoms in total. The molecule has 0 bridgehead atoms. The van der Waals surface area contributed by atoms with Crippen molar-refractivity contribution >= 4 is 11.3 Å². The van der Waals surface area contributed by atoms with Gasteiger partial charge in [-0.05, 0) is 32.5 Å². The van der Waals surface area contributed by atoms with Gasteiger partial charge >= 0.3 is 0 Å².